The van der Waals surface area contributed by atoms with Crippen molar-refractivity contribution in [2.75, 3.05) is 0 Å². The van der Waals surface area contributed by atoms with Gasteiger partial charge in [0, 0.05) is 12.0 Å². The van der Waals surface area contributed by atoms with Crippen molar-refractivity contribution in [1.82, 2.24) is 0 Å². The Morgan fingerprint density at radius 2 is 1.58 bits per heavy atom. The van der Waals surface area contributed by atoms with E-state index in [2.05, 4.69) is 0 Å². The van der Waals surface area contributed by atoms with Gasteiger partial charge in [-0.05, 0) is 66.8 Å². The van der Waals surface area contributed by atoms with Crippen LogP contribution in [0.3, 0.4) is 0 Å². The number of hydrogen-bond donors (Lipinski definition) is 1. The molecule has 1 saturated carbocycles. The summed E-state index contributed by atoms with van der Waals surface area (Å²) in [5.74, 6) is 1.05. The molecule has 4 nitrogen and oxygen atoms in total. The monoisotopic (exact) mass is 422 g/mol. The van der Waals surface area contributed by atoms with Crippen molar-refractivity contribution in [3.05, 3.63) is 78.6 Å². The lowest BCUT2D eigenvalue weighted by Crippen LogP contribution is -2.34. The van der Waals surface area contributed by atoms with E-state index in [1.54, 1.807) is 12.1 Å². The van der Waals surface area contributed by atoms with Gasteiger partial charge in [-0.2, -0.15) is 0 Å². The van der Waals surface area contributed by atoms with Crippen molar-refractivity contribution >= 4 is 5.97 Å². The summed E-state index contributed by atoms with van der Waals surface area (Å²) in [5.41, 5.74) is 1.18. The zero-order chi connectivity index (χ0) is 22.2. The lowest BCUT2D eigenvalue weighted by Gasteiger charge is -2.34. The van der Waals surface area contributed by atoms with E-state index in [0.29, 0.717) is 22.8 Å². The van der Waals surface area contributed by atoms with Crippen LogP contribution in [0.25, 0.3) is 11.1 Å². The SMILES string of the molecule is CC.O=C(O)CC1CC(Oc2ccc(-c3cc(Oc4ccccc4)ccc3F)cc2)C1. The van der Waals surface area contributed by atoms with E-state index >= 15 is 0 Å². The second-order valence-electron chi connectivity index (χ2n) is 7.26. The molecule has 0 saturated heterocycles. The number of carboxylic acid groups (broad SMARTS) is 1. The minimum Gasteiger partial charge on any atom is -0.490 e. The number of rotatable bonds is 7. The van der Waals surface area contributed by atoms with E-state index in [-0.39, 0.29) is 24.3 Å². The van der Waals surface area contributed by atoms with Gasteiger partial charge in [-0.25, -0.2) is 4.39 Å². The Kier molecular flexibility index (Phi) is 7.65. The smallest absolute Gasteiger partial charge is 0.303 e. The summed E-state index contributed by atoms with van der Waals surface area (Å²) in [6.45, 7) is 4.00. The molecule has 0 bridgehead atoms. The fourth-order valence-corrected chi connectivity index (χ4v) is 3.50. The fourth-order valence-electron chi connectivity index (χ4n) is 3.50. The lowest BCUT2D eigenvalue weighted by molar-refractivity contribution is -0.139. The Hall–Kier alpha value is -3.34. The van der Waals surface area contributed by atoms with Crippen molar-refractivity contribution < 1.29 is 23.8 Å². The summed E-state index contributed by atoms with van der Waals surface area (Å²) in [5, 5.41) is 8.81. The first-order chi connectivity index (χ1) is 15.1. The van der Waals surface area contributed by atoms with Crippen LogP contribution in [0, 0.1) is 11.7 Å². The molecule has 1 fully saturated rings. The highest BCUT2D eigenvalue weighted by Crippen LogP contribution is 2.35. The summed E-state index contributed by atoms with van der Waals surface area (Å²) in [6, 6.07) is 21.3. The number of carboxylic acids is 1. The normalized spacial score (nSPS) is 17.0. The van der Waals surface area contributed by atoms with E-state index in [0.717, 1.165) is 18.4 Å². The number of ether oxygens (including phenoxy) is 2. The Bertz CT molecular complexity index is 980. The summed E-state index contributed by atoms with van der Waals surface area (Å²) in [4.78, 5) is 10.7. The van der Waals surface area contributed by atoms with Gasteiger partial charge in [0.15, 0.2) is 0 Å². The zero-order valence-electron chi connectivity index (χ0n) is 17.8. The first-order valence-electron chi connectivity index (χ1n) is 10.6. The maximum atomic E-state index is 14.4. The van der Waals surface area contributed by atoms with Crippen LogP contribution in [0.5, 0.6) is 17.2 Å². The third kappa shape index (κ3) is 6.07. The Balaban J connectivity index is 0.00000132. The highest BCUT2D eigenvalue weighted by molar-refractivity contribution is 5.67. The number of benzene rings is 3. The molecule has 1 N–H and O–H groups in total. The number of aliphatic carboxylic acids is 1. The molecule has 0 atom stereocenters. The predicted molar refractivity (Wildman–Crippen MR) is 119 cm³/mol. The molecule has 31 heavy (non-hydrogen) atoms. The molecule has 5 heteroatoms. The predicted octanol–water partition coefficient (Wildman–Crippen LogP) is 6.94. The van der Waals surface area contributed by atoms with Crippen LogP contribution < -0.4 is 9.47 Å². The molecule has 162 valence electrons. The van der Waals surface area contributed by atoms with Gasteiger partial charge in [0.2, 0.25) is 0 Å². The van der Waals surface area contributed by atoms with Crippen LogP contribution >= 0.6 is 0 Å². The Morgan fingerprint density at radius 1 is 0.935 bits per heavy atom. The van der Waals surface area contributed by atoms with Crippen LogP contribution in [0.2, 0.25) is 0 Å². The highest BCUT2D eigenvalue weighted by atomic mass is 19.1. The molecule has 3 aromatic rings. The number of carbonyl (C=O) groups is 1. The summed E-state index contributed by atoms with van der Waals surface area (Å²) >= 11 is 0. The van der Waals surface area contributed by atoms with Crippen LogP contribution in [0.1, 0.15) is 33.1 Å². The quantitative estimate of drug-likeness (QED) is 0.448. The molecule has 0 heterocycles. The van der Waals surface area contributed by atoms with E-state index in [9.17, 15) is 9.18 Å². The minimum atomic E-state index is -0.765. The molecule has 4 rings (SSSR count). The van der Waals surface area contributed by atoms with Crippen LogP contribution in [-0.2, 0) is 4.79 Å². The van der Waals surface area contributed by atoms with Gasteiger partial charge in [0.05, 0.1) is 6.10 Å². The standard InChI is InChI=1S/C24H21FO4.C2H6/c25-23-11-10-20(28-18-4-2-1-3-5-18)15-22(23)17-6-8-19(9-7-17)29-21-12-16(13-21)14-24(26)27;1-2/h1-11,15-16,21H,12-14H2,(H,26,27);1-2H3. The third-order valence-corrected chi connectivity index (χ3v) is 5.04. The van der Waals surface area contributed by atoms with Gasteiger partial charge in [0.25, 0.3) is 0 Å². The van der Waals surface area contributed by atoms with E-state index < -0.39 is 5.97 Å². The average molecular weight is 422 g/mol. The van der Waals surface area contributed by atoms with Gasteiger partial charge in [0.1, 0.15) is 23.1 Å². The maximum Gasteiger partial charge on any atom is 0.303 e. The van der Waals surface area contributed by atoms with Crippen molar-refractivity contribution in [3.63, 3.8) is 0 Å². The number of para-hydroxylation sites is 1. The molecule has 3 aromatic carbocycles. The molecular weight excluding hydrogens is 395 g/mol. The minimum absolute atomic E-state index is 0.0459. The molecule has 0 amide bonds. The molecule has 1 aliphatic rings. The summed E-state index contributed by atoms with van der Waals surface area (Å²) in [6.07, 6.45) is 1.74. The van der Waals surface area contributed by atoms with Crippen molar-refractivity contribution in [2.45, 2.75) is 39.2 Å². The maximum absolute atomic E-state index is 14.4. The largest absolute Gasteiger partial charge is 0.490 e. The highest BCUT2D eigenvalue weighted by Gasteiger charge is 2.32. The van der Waals surface area contributed by atoms with Gasteiger partial charge in [-0.1, -0.05) is 44.2 Å². The second-order valence-corrected chi connectivity index (χ2v) is 7.26. The topological polar surface area (TPSA) is 55.8 Å². The summed E-state index contributed by atoms with van der Waals surface area (Å²) < 4.78 is 26.1. The molecule has 0 aromatic heterocycles. The van der Waals surface area contributed by atoms with Crippen molar-refractivity contribution in [1.29, 1.82) is 0 Å². The van der Waals surface area contributed by atoms with Gasteiger partial charge in [-0.3, -0.25) is 4.79 Å². The van der Waals surface area contributed by atoms with E-state index in [1.807, 2.05) is 68.4 Å². The van der Waals surface area contributed by atoms with Gasteiger partial charge >= 0.3 is 5.97 Å². The molecule has 0 unspecified atom stereocenters. The molecule has 0 spiro atoms. The Morgan fingerprint density at radius 3 is 2.23 bits per heavy atom. The number of halogens is 1. The van der Waals surface area contributed by atoms with Crippen molar-refractivity contribution in [2.24, 2.45) is 5.92 Å². The molecular formula is C26H27FO4. The average Bonchev–Trinajstić information content (AvgIpc) is 2.76. The lowest BCUT2D eigenvalue weighted by atomic mass is 9.80. The van der Waals surface area contributed by atoms with Crippen LogP contribution in [0.15, 0.2) is 72.8 Å². The number of hydrogen-bond acceptors (Lipinski definition) is 3. The second kappa shape index (κ2) is 10.6. The third-order valence-electron chi connectivity index (χ3n) is 5.04. The molecule has 0 radical (unpaired) electrons. The summed E-state index contributed by atoms with van der Waals surface area (Å²) in [7, 11) is 0. The molecule has 1 aliphatic carbocycles. The Labute approximate surface area is 182 Å². The molecule has 0 aliphatic heterocycles. The van der Waals surface area contributed by atoms with E-state index in [4.69, 9.17) is 14.6 Å². The van der Waals surface area contributed by atoms with Gasteiger partial charge in [-0.15, -0.1) is 0 Å². The zero-order valence-corrected chi connectivity index (χ0v) is 17.8. The van der Waals surface area contributed by atoms with Crippen molar-refractivity contribution in [3.8, 4) is 28.4 Å². The van der Waals surface area contributed by atoms with Crippen LogP contribution in [-0.4, -0.2) is 17.2 Å². The fraction of sp³-hybridized carbons (Fsp3) is 0.269. The first-order valence-corrected chi connectivity index (χ1v) is 10.6. The first kappa shape index (κ1) is 22.3. The van der Waals surface area contributed by atoms with Crippen LogP contribution in [0.4, 0.5) is 4.39 Å². The van der Waals surface area contributed by atoms with Gasteiger partial charge < -0.3 is 14.6 Å². The van der Waals surface area contributed by atoms with E-state index in [1.165, 1.54) is 6.07 Å².